The van der Waals surface area contributed by atoms with Gasteiger partial charge in [0.25, 0.3) is 0 Å². The fraction of sp³-hybridized carbons (Fsp3) is 0.538. The minimum atomic E-state index is 0.594. The molecule has 0 aliphatic carbocycles. The first-order valence-corrected chi connectivity index (χ1v) is 6.48. The van der Waals surface area contributed by atoms with Crippen molar-refractivity contribution in [2.45, 2.75) is 39.7 Å². The van der Waals surface area contributed by atoms with Crippen molar-refractivity contribution >= 4 is 11.3 Å². The first kappa shape index (κ1) is 12.5. The van der Waals surface area contributed by atoms with E-state index in [1.54, 1.807) is 0 Å². The second-order valence-electron chi connectivity index (χ2n) is 4.20. The maximum absolute atomic E-state index is 3.42. The van der Waals surface area contributed by atoms with Gasteiger partial charge in [0.05, 0.1) is 0 Å². The lowest BCUT2D eigenvalue weighted by Gasteiger charge is -2.06. The highest BCUT2D eigenvalue weighted by Crippen LogP contribution is 2.13. The molecule has 1 aromatic rings. The number of nitrogens with one attached hydrogen (secondary N) is 1. The molecule has 0 spiro atoms. The summed E-state index contributed by atoms with van der Waals surface area (Å²) in [6, 6.07) is 4.91. The van der Waals surface area contributed by atoms with E-state index in [0.717, 1.165) is 19.4 Å². The Morgan fingerprint density at radius 1 is 1.53 bits per heavy atom. The van der Waals surface area contributed by atoms with Gasteiger partial charge in [0.15, 0.2) is 0 Å². The van der Waals surface area contributed by atoms with E-state index < -0.39 is 0 Å². The molecule has 1 heterocycles. The molecule has 0 aliphatic heterocycles. The van der Waals surface area contributed by atoms with Crippen LogP contribution >= 0.6 is 11.3 Å². The monoisotopic (exact) mass is 223 g/mol. The maximum Gasteiger partial charge on any atom is 0.00855 e. The molecule has 1 rings (SSSR count). The van der Waals surface area contributed by atoms with Gasteiger partial charge in [-0.05, 0) is 31.3 Å². The molecule has 84 valence electrons. The average molecular weight is 223 g/mol. The highest BCUT2D eigenvalue weighted by Gasteiger charge is 1.95. The standard InChI is InChI=1S/C13H21NS/c1-11(2)14-8-4-6-12(3)10-13-7-5-9-15-13/h5-7,9,11,14H,4,8,10H2,1-3H3. The molecule has 0 radical (unpaired) electrons. The third-order valence-corrected chi connectivity index (χ3v) is 3.10. The molecule has 0 aromatic carbocycles. The van der Waals surface area contributed by atoms with Gasteiger partial charge in [-0.25, -0.2) is 0 Å². The van der Waals surface area contributed by atoms with Crippen molar-refractivity contribution in [3.8, 4) is 0 Å². The molecule has 0 atom stereocenters. The topological polar surface area (TPSA) is 12.0 Å². The summed E-state index contributed by atoms with van der Waals surface area (Å²) in [5, 5.41) is 5.56. The van der Waals surface area contributed by atoms with Crippen molar-refractivity contribution in [3.63, 3.8) is 0 Å². The fourth-order valence-corrected chi connectivity index (χ4v) is 2.25. The van der Waals surface area contributed by atoms with E-state index in [2.05, 4.69) is 49.7 Å². The van der Waals surface area contributed by atoms with Crippen LogP contribution in [0.1, 0.15) is 32.1 Å². The maximum atomic E-state index is 3.42. The van der Waals surface area contributed by atoms with Crippen molar-refractivity contribution < 1.29 is 0 Å². The Hall–Kier alpha value is -0.600. The zero-order chi connectivity index (χ0) is 11.1. The van der Waals surface area contributed by atoms with Crippen LogP contribution in [0.5, 0.6) is 0 Å². The Labute approximate surface area is 97.2 Å². The normalized spacial score (nSPS) is 12.4. The lowest BCUT2D eigenvalue weighted by Crippen LogP contribution is -2.23. The molecule has 2 heteroatoms. The Balaban J connectivity index is 2.22. The van der Waals surface area contributed by atoms with E-state index in [-0.39, 0.29) is 0 Å². The SMILES string of the molecule is CC(=CCCNC(C)C)Cc1cccs1. The van der Waals surface area contributed by atoms with Gasteiger partial charge in [-0.1, -0.05) is 31.6 Å². The Kier molecular flexibility index (Phi) is 5.66. The van der Waals surface area contributed by atoms with Crippen LogP contribution in [0, 0.1) is 0 Å². The summed E-state index contributed by atoms with van der Waals surface area (Å²) in [5.41, 5.74) is 1.48. The number of thiophene rings is 1. The smallest absolute Gasteiger partial charge is 0.00855 e. The molecule has 15 heavy (non-hydrogen) atoms. The van der Waals surface area contributed by atoms with Gasteiger partial charge in [0, 0.05) is 17.3 Å². The zero-order valence-electron chi connectivity index (χ0n) is 9.92. The van der Waals surface area contributed by atoms with E-state index in [1.807, 2.05) is 11.3 Å². The predicted molar refractivity (Wildman–Crippen MR) is 69.5 cm³/mol. The van der Waals surface area contributed by atoms with Crippen LogP contribution in [0.3, 0.4) is 0 Å². The first-order chi connectivity index (χ1) is 7.18. The summed E-state index contributed by atoms with van der Waals surface area (Å²) in [4.78, 5) is 1.46. The van der Waals surface area contributed by atoms with Crippen molar-refractivity contribution in [2.75, 3.05) is 6.54 Å². The minimum absolute atomic E-state index is 0.594. The molecule has 0 aliphatic rings. The van der Waals surface area contributed by atoms with E-state index in [1.165, 1.54) is 10.5 Å². The Bertz CT molecular complexity index is 285. The second kappa shape index (κ2) is 6.81. The molecule has 0 fully saturated rings. The summed E-state index contributed by atoms with van der Waals surface area (Å²) >= 11 is 1.84. The van der Waals surface area contributed by atoms with Crippen LogP contribution in [-0.2, 0) is 6.42 Å². The van der Waals surface area contributed by atoms with Crippen LogP contribution in [0.15, 0.2) is 29.2 Å². The zero-order valence-corrected chi connectivity index (χ0v) is 10.7. The van der Waals surface area contributed by atoms with E-state index in [4.69, 9.17) is 0 Å². The summed E-state index contributed by atoms with van der Waals surface area (Å²) < 4.78 is 0. The molecule has 0 unspecified atom stereocenters. The Morgan fingerprint density at radius 2 is 2.33 bits per heavy atom. The summed E-state index contributed by atoms with van der Waals surface area (Å²) in [6.07, 6.45) is 4.59. The van der Waals surface area contributed by atoms with Gasteiger partial charge in [0.2, 0.25) is 0 Å². The minimum Gasteiger partial charge on any atom is -0.314 e. The molecule has 1 nitrogen and oxygen atoms in total. The van der Waals surface area contributed by atoms with Crippen LogP contribution in [-0.4, -0.2) is 12.6 Å². The quantitative estimate of drug-likeness (QED) is 0.573. The van der Waals surface area contributed by atoms with Gasteiger partial charge >= 0.3 is 0 Å². The third-order valence-electron chi connectivity index (χ3n) is 2.22. The van der Waals surface area contributed by atoms with E-state index in [9.17, 15) is 0 Å². The summed E-state index contributed by atoms with van der Waals surface area (Å²) in [6.45, 7) is 7.67. The van der Waals surface area contributed by atoms with Crippen molar-refractivity contribution in [1.29, 1.82) is 0 Å². The molecule has 0 amide bonds. The van der Waals surface area contributed by atoms with Gasteiger partial charge < -0.3 is 5.32 Å². The highest BCUT2D eigenvalue weighted by atomic mass is 32.1. The summed E-state index contributed by atoms with van der Waals surface area (Å²) in [7, 11) is 0. The van der Waals surface area contributed by atoms with Gasteiger partial charge in [-0.3, -0.25) is 0 Å². The predicted octanol–water partition coefficient (Wildman–Crippen LogP) is 3.63. The largest absolute Gasteiger partial charge is 0.314 e. The first-order valence-electron chi connectivity index (χ1n) is 5.60. The van der Waals surface area contributed by atoms with Gasteiger partial charge in [-0.15, -0.1) is 11.3 Å². The molecular weight excluding hydrogens is 202 g/mol. The molecular formula is C13H21NS. The molecule has 0 saturated heterocycles. The number of rotatable bonds is 6. The average Bonchev–Trinajstić information content (AvgIpc) is 2.64. The number of hydrogen-bond acceptors (Lipinski definition) is 2. The van der Waals surface area contributed by atoms with Crippen LogP contribution < -0.4 is 5.32 Å². The molecule has 0 bridgehead atoms. The number of hydrogen-bond donors (Lipinski definition) is 1. The highest BCUT2D eigenvalue weighted by molar-refractivity contribution is 7.09. The molecule has 1 N–H and O–H groups in total. The fourth-order valence-electron chi connectivity index (χ4n) is 1.45. The van der Waals surface area contributed by atoms with Crippen molar-refractivity contribution in [2.24, 2.45) is 0 Å². The van der Waals surface area contributed by atoms with Crippen LogP contribution in [0.4, 0.5) is 0 Å². The third kappa shape index (κ3) is 5.75. The van der Waals surface area contributed by atoms with E-state index in [0.29, 0.717) is 6.04 Å². The van der Waals surface area contributed by atoms with Crippen LogP contribution in [0.25, 0.3) is 0 Å². The Morgan fingerprint density at radius 3 is 2.93 bits per heavy atom. The second-order valence-corrected chi connectivity index (χ2v) is 5.24. The lowest BCUT2D eigenvalue weighted by atomic mass is 10.1. The van der Waals surface area contributed by atoms with Gasteiger partial charge in [0.1, 0.15) is 0 Å². The van der Waals surface area contributed by atoms with E-state index >= 15 is 0 Å². The van der Waals surface area contributed by atoms with Crippen LogP contribution in [0.2, 0.25) is 0 Å². The molecule has 1 aromatic heterocycles. The molecule has 0 saturated carbocycles. The lowest BCUT2D eigenvalue weighted by molar-refractivity contribution is 0.594. The number of allylic oxidation sites excluding steroid dienone is 1. The van der Waals surface area contributed by atoms with Crippen molar-refractivity contribution in [3.05, 3.63) is 34.0 Å². The van der Waals surface area contributed by atoms with Crippen molar-refractivity contribution in [1.82, 2.24) is 5.32 Å². The summed E-state index contributed by atoms with van der Waals surface area (Å²) in [5.74, 6) is 0. The van der Waals surface area contributed by atoms with Gasteiger partial charge in [-0.2, -0.15) is 0 Å².